The Bertz CT molecular complexity index is 373. The monoisotopic (exact) mass is 247 g/mol. The highest BCUT2D eigenvalue weighted by molar-refractivity contribution is 5.22. The molecule has 1 aromatic rings. The van der Waals surface area contributed by atoms with Gasteiger partial charge >= 0.3 is 0 Å². The zero-order valence-corrected chi connectivity index (χ0v) is 11.8. The lowest BCUT2D eigenvalue weighted by molar-refractivity contribution is 0.0729. The summed E-state index contributed by atoms with van der Waals surface area (Å²) < 4.78 is 0. The van der Waals surface area contributed by atoms with Crippen molar-refractivity contribution in [2.24, 2.45) is 11.8 Å². The quantitative estimate of drug-likeness (QED) is 0.887. The topological polar surface area (TPSA) is 23.5 Å². The van der Waals surface area contributed by atoms with Crippen LogP contribution in [-0.4, -0.2) is 22.6 Å². The fraction of sp³-hybridized carbons (Fsp3) is 0.625. The van der Waals surface area contributed by atoms with Gasteiger partial charge in [-0.15, -0.1) is 0 Å². The summed E-state index contributed by atoms with van der Waals surface area (Å²) in [6.45, 7) is 9.42. The molecule has 1 aliphatic rings. The van der Waals surface area contributed by atoms with Gasteiger partial charge in [0, 0.05) is 19.1 Å². The van der Waals surface area contributed by atoms with Gasteiger partial charge in [-0.05, 0) is 36.3 Å². The minimum atomic E-state index is 0.133. The van der Waals surface area contributed by atoms with Crippen LogP contribution >= 0.6 is 0 Å². The molecule has 0 radical (unpaired) electrons. The van der Waals surface area contributed by atoms with Gasteiger partial charge in [-0.3, -0.25) is 4.90 Å². The van der Waals surface area contributed by atoms with Crippen molar-refractivity contribution >= 4 is 0 Å². The molecule has 3 unspecified atom stereocenters. The molecule has 1 aromatic carbocycles. The Kier molecular flexibility index (Phi) is 4.41. The second-order valence-electron chi connectivity index (χ2n) is 5.96. The molecule has 2 rings (SSSR count). The third-order valence-corrected chi connectivity index (χ3v) is 4.31. The highest BCUT2D eigenvalue weighted by Crippen LogP contribution is 2.28. The molecular formula is C16H25NO. The maximum absolute atomic E-state index is 9.05. The molecule has 100 valence electrons. The number of aliphatic hydroxyl groups excluding tert-OH is 1. The summed E-state index contributed by atoms with van der Waals surface area (Å²) in [6, 6.07) is 9.00. The predicted molar refractivity (Wildman–Crippen MR) is 75.2 cm³/mol. The molecule has 1 fully saturated rings. The Labute approximate surface area is 111 Å². The summed E-state index contributed by atoms with van der Waals surface area (Å²) in [5.41, 5.74) is 2.34. The van der Waals surface area contributed by atoms with Crippen LogP contribution in [-0.2, 0) is 13.2 Å². The summed E-state index contributed by atoms with van der Waals surface area (Å²) in [5, 5.41) is 9.05. The molecule has 0 amide bonds. The summed E-state index contributed by atoms with van der Waals surface area (Å²) in [5.74, 6) is 1.58. The van der Waals surface area contributed by atoms with Crippen molar-refractivity contribution in [3.05, 3.63) is 35.4 Å². The van der Waals surface area contributed by atoms with Gasteiger partial charge in [-0.25, -0.2) is 0 Å². The Morgan fingerprint density at radius 1 is 1.11 bits per heavy atom. The number of hydrogen-bond acceptors (Lipinski definition) is 2. The van der Waals surface area contributed by atoms with E-state index in [9.17, 15) is 0 Å². The van der Waals surface area contributed by atoms with E-state index in [-0.39, 0.29) is 6.61 Å². The van der Waals surface area contributed by atoms with Gasteiger partial charge in [0.15, 0.2) is 0 Å². The number of aliphatic hydroxyl groups is 1. The van der Waals surface area contributed by atoms with E-state index in [1.165, 1.54) is 18.5 Å². The third kappa shape index (κ3) is 3.12. The third-order valence-electron chi connectivity index (χ3n) is 4.31. The number of benzene rings is 1. The highest BCUT2D eigenvalue weighted by Gasteiger charge is 2.28. The molecule has 1 heterocycles. The van der Waals surface area contributed by atoms with Crippen LogP contribution < -0.4 is 0 Å². The van der Waals surface area contributed by atoms with Gasteiger partial charge in [0.25, 0.3) is 0 Å². The van der Waals surface area contributed by atoms with Crippen LogP contribution in [0.3, 0.4) is 0 Å². The first kappa shape index (κ1) is 13.6. The summed E-state index contributed by atoms with van der Waals surface area (Å²) >= 11 is 0. The van der Waals surface area contributed by atoms with Crippen LogP contribution in [0.4, 0.5) is 0 Å². The summed E-state index contributed by atoms with van der Waals surface area (Å²) in [7, 11) is 0. The van der Waals surface area contributed by atoms with E-state index in [0.717, 1.165) is 23.9 Å². The molecule has 0 aliphatic carbocycles. The number of nitrogens with zero attached hydrogens (tertiary/aromatic N) is 1. The van der Waals surface area contributed by atoms with Crippen molar-refractivity contribution in [2.75, 3.05) is 6.54 Å². The SMILES string of the molecule is CC1CC(C)C(C)N(Cc2ccc(CO)cc2)C1. The molecule has 1 aliphatic heterocycles. The Hall–Kier alpha value is -0.860. The van der Waals surface area contributed by atoms with Crippen LogP contribution in [0, 0.1) is 11.8 Å². The van der Waals surface area contributed by atoms with Gasteiger partial charge < -0.3 is 5.11 Å². The van der Waals surface area contributed by atoms with Gasteiger partial charge in [0.05, 0.1) is 6.61 Å². The number of likely N-dealkylation sites (tertiary alicyclic amines) is 1. The van der Waals surface area contributed by atoms with Gasteiger partial charge in [-0.2, -0.15) is 0 Å². The van der Waals surface area contributed by atoms with Crippen molar-refractivity contribution in [3.8, 4) is 0 Å². The lowest BCUT2D eigenvalue weighted by Gasteiger charge is -2.41. The number of piperidine rings is 1. The lowest BCUT2D eigenvalue weighted by atomic mass is 9.86. The highest BCUT2D eigenvalue weighted by atomic mass is 16.3. The maximum Gasteiger partial charge on any atom is 0.0681 e. The molecule has 0 aromatic heterocycles. The molecule has 0 bridgehead atoms. The zero-order valence-electron chi connectivity index (χ0n) is 11.8. The van der Waals surface area contributed by atoms with Crippen molar-refractivity contribution in [1.82, 2.24) is 4.90 Å². The van der Waals surface area contributed by atoms with Gasteiger partial charge in [-0.1, -0.05) is 38.1 Å². The van der Waals surface area contributed by atoms with Crippen LogP contribution in [0.25, 0.3) is 0 Å². The fourth-order valence-corrected chi connectivity index (χ4v) is 3.03. The first-order chi connectivity index (χ1) is 8.60. The Balaban J connectivity index is 2.02. The average Bonchev–Trinajstić information content (AvgIpc) is 2.36. The smallest absolute Gasteiger partial charge is 0.0681 e. The van der Waals surface area contributed by atoms with Crippen LogP contribution in [0.15, 0.2) is 24.3 Å². The first-order valence-electron chi connectivity index (χ1n) is 7.03. The zero-order chi connectivity index (χ0) is 13.1. The van der Waals surface area contributed by atoms with E-state index in [0.29, 0.717) is 6.04 Å². The molecular weight excluding hydrogens is 222 g/mol. The molecule has 2 nitrogen and oxygen atoms in total. The number of hydrogen-bond donors (Lipinski definition) is 1. The van der Waals surface area contributed by atoms with E-state index in [1.807, 2.05) is 12.1 Å². The average molecular weight is 247 g/mol. The second-order valence-corrected chi connectivity index (χ2v) is 5.96. The first-order valence-corrected chi connectivity index (χ1v) is 7.03. The minimum Gasteiger partial charge on any atom is -0.392 e. The molecule has 2 heteroatoms. The van der Waals surface area contributed by atoms with E-state index in [4.69, 9.17) is 5.11 Å². The standard InChI is InChI=1S/C16H25NO/c1-12-8-13(2)14(3)17(9-12)10-15-4-6-16(11-18)7-5-15/h4-7,12-14,18H,8-11H2,1-3H3. The van der Waals surface area contributed by atoms with Crippen LogP contribution in [0.1, 0.15) is 38.3 Å². The molecule has 1 N–H and O–H groups in total. The predicted octanol–water partition coefficient (Wildman–Crippen LogP) is 3.05. The maximum atomic E-state index is 9.05. The Morgan fingerprint density at radius 2 is 1.72 bits per heavy atom. The van der Waals surface area contributed by atoms with E-state index < -0.39 is 0 Å². The Morgan fingerprint density at radius 3 is 2.33 bits per heavy atom. The molecule has 0 spiro atoms. The molecule has 18 heavy (non-hydrogen) atoms. The fourth-order valence-electron chi connectivity index (χ4n) is 3.03. The minimum absolute atomic E-state index is 0.133. The second kappa shape index (κ2) is 5.85. The van der Waals surface area contributed by atoms with Crippen molar-refractivity contribution in [2.45, 2.75) is 46.4 Å². The van der Waals surface area contributed by atoms with Gasteiger partial charge in [0.2, 0.25) is 0 Å². The van der Waals surface area contributed by atoms with Crippen molar-refractivity contribution in [1.29, 1.82) is 0 Å². The number of rotatable bonds is 3. The van der Waals surface area contributed by atoms with Crippen molar-refractivity contribution < 1.29 is 5.11 Å². The van der Waals surface area contributed by atoms with E-state index in [2.05, 4.69) is 37.8 Å². The van der Waals surface area contributed by atoms with E-state index in [1.54, 1.807) is 0 Å². The molecule has 0 saturated carbocycles. The summed E-state index contributed by atoms with van der Waals surface area (Å²) in [4.78, 5) is 2.59. The summed E-state index contributed by atoms with van der Waals surface area (Å²) in [6.07, 6.45) is 1.35. The lowest BCUT2D eigenvalue weighted by Crippen LogP contribution is -2.45. The molecule has 1 saturated heterocycles. The van der Waals surface area contributed by atoms with Crippen molar-refractivity contribution in [3.63, 3.8) is 0 Å². The van der Waals surface area contributed by atoms with E-state index >= 15 is 0 Å². The largest absolute Gasteiger partial charge is 0.392 e. The molecule has 3 atom stereocenters. The van der Waals surface area contributed by atoms with Crippen LogP contribution in [0.5, 0.6) is 0 Å². The normalized spacial score (nSPS) is 29.4. The van der Waals surface area contributed by atoms with Gasteiger partial charge in [0.1, 0.15) is 0 Å². The van der Waals surface area contributed by atoms with Crippen LogP contribution in [0.2, 0.25) is 0 Å².